The molecule has 2 atom stereocenters. The van der Waals surface area contributed by atoms with Gasteiger partial charge in [0.05, 0.1) is 42.7 Å². The van der Waals surface area contributed by atoms with Crippen molar-refractivity contribution in [3.05, 3.63) is 47.8 Å². The molecule has 112 valence electrons. The van der Waals surface area contributed by atoms with Crippen LogP contribution >= 0.6 is 0 Å². The van der Waals surface area contributed by atoms with Crippen LogP contribution in [0.4, 0.5) is 11.4 Å². The molecule has 2 heterocycles. The van der Waals surface area contributed by atoms with Gasteiger partial charge in [0.25, 0.3) is 0 Å². The Morgan fingerprint density at radius 1 is 1.36 bits per heavy atom. The third kappa shape index (κ3) is 2.13. The predicted octanol–water partition coefficient (Wildman–Crippen LogP) is 2.86. The second-order valence-electron chi connectivity index (χ2n) is 5.28. The van der Waals surface area contributed by atoms with Crippen LogP contribution < -0.4 is 15.4 Å². The van der Waals surface area contributed by atoms with Crippen molar-refractivity contribution in [3.63, 3.8) is 0 Å². The highest BCUT2D eigenvalue weighted by molar-refractivity contribution is 5.67. The van der Waals surface area contributed by atoms with E-state index in [9.17, 15) is 5.26 Å². The second-order valence-corrected chi connectivity index (χ2v) is 5.28. The molecule has 2 aromatic rings. The summed E-state index contributed by atoms with van der Waals surface area (Å²) in [5, 5.41) is 9.68. The fourth-order valence-electron chi connectivity index (χ4n) is 3.09. The average molecular weight is 294 g/mol. The van der Waals surface area contributed by atoms with Crippen molar-refractivity contribution in [1.29, 1.82) is 5.26 Å². The maximum absolute atomic E-state index is 9.68. The monoisotopic (exact) mass is 294 g/mol. The van der Waals surface area contributed by atoms with Gasteiger partial charge in [0.1, 0.15) is 5.75 Å². The van der Waals surface area contributed by atoms with E-state index in [1.165, 1.54) is 0 Å². The fraction of sp³-hybridized carbons (Fsp3) is 0.294. The molecule has 1 aromatic carbocycles. The number of aromatic nitrogens is 1. The van der Waals surface area contributed by atoms with Crippen LogP contribution in [0.1, 0.15) is 30.1 Å². The van der Waals surface area contributed by atoms with Gasteiger partial charge in [0, 0.05) is 18.3 Å². The van der Waals surface area contributed by atoms with E-state index in [0.717, 1.165) is 29.2 Å². The van der Waals surface area contributed by atoms with Gasteiger partial charge in [-0.2, -0.15) is 5.26 Å². The van der Waals surface area contributed by atoms with E-state index >= 15 is 0 Å². The summed E-state index contributed by atoms with van der Waals surface area (Å²) < 4.78 is 5.32. The average Bonchev–Trinajstić information content (AvgIpc) is 2.87. The number of nitrogens with two attached hydrogens (primary N) is 1. The van der Waals surface area contributed by atoms with Gasteiger partial charge in [-0.15, -0.1) is 0 Å². The normalized spacial score (nSPS) is 19.6. The minimum atomic E-state index is -0.253. The van der Waals surface area contributed by atoms with Crippen LogP contribution in [0.15, 0.2) is 36.5 Å². The summed E-state index contributed by atoms with van der Waals surface area (Å²) in [7, 11) is 1.65. The lowest BCUT2D eigenvalue weighted by atomic mass is 9.94. The highest BCUT2D eigenvalue weighted by Gasteiger charge is 2.39. The molecule has 0 saturated carbocycles. The van der Waals surface area contributed by atoms with Crippen molar-refractivity contribution in [2.24, 2.45) is 0 Å². The summed E-state index contributed by atoms with van der Waals surface area (Å²) in [6.07, 6.45) is 1.64. The van der Waals surface area contributed by atoms with Gasteiger partial charge >= 0.3 is 0 Å². The van der Waals surface area contributed by atoms with Crippen molar-refractivity contribution < 1.29 is 4.74 Å². The second kappa shape index (κ2) is 5.57. The molecule has 22 heavy (non-hydrogen) atoms. The van der Waals surface area contributed by atoms with Gasteiger partial charge in [-0.25, -0.2) is 0 Å². The lowest BCUT2D eigenvalue weighted by Crippen LogP contribution is -2.27. The van der Waals surface area contributed by atoms with E-state index in [2.05, 4.69) is 22.9 Å². The standard InChI is InChI=1S/C17H18N4O/c1-3-21-16-8-12(22-2)5-6-13(16)14(9-18)17(21)15-7-4-11(19)10-20-15/h4-8,10,14,17H,3,19H2,1-2H3. The molecule has 2 unspecified atom stereocenters. The molecule has 3 rings (SSSR count). The number of nitrogens with zero attached hydrogens (tertiary/aromatic N) is 3. The van der Waals surface area contributed by atoms with Gasteiger partial charge in [-0.05, 0) is 30.7 Å². The van der Waals surface area contributed by atoms with Gasteiger partial charge in [0.15, 0.2) is 0 Å². The molecule has 1 aromatic heterocycles. The van der Waals surface area contributed by atoms with E-state index in [0.29, 0.717) is 5.69 Å². The topological polar surface area (TPSA) is 75.2 Å². The number of pyridine rings is 1. The Balaban J connectivity index is 2.11. The minimum absolute atomic E-state index is 0.0993. The molecule has 2 N–H and O–H groups in total. The highest BCUT2D eigenvalue weighted by Crippen LogP contribution is 2.49. The van der Waals surface area contributed by atoms with Crippen molar-refractivity contribution in [2.45, 2.75) is 18.9 Å². The third-order valence-electron chi connectivity index (χ3n) is 4.13. The molecule has 0 spiro atoms. The largest absolute Gasteiger partial charge is 0.497 e. The lowest BCUT2D eigenvalue weighted by Gasteiger charge is -2.27. The van der Waals surface area contributed by atoms with Crippen molar-refractivity contribution in [2.75, 3.05) is 24.3 Å². The first-order valence-electron chi connectivity index (χ1n) is 7.25. The summed E-state index contributed by atoms with van der Waals surface area (Å²) in [5.41, 5.74) is 9.27. The van der Waals surface area contributed by atoms with E-state index in [1.54, 1.807) is 13.3 Å². The van der Waals surface area contributed by atoms with Gasteiger partial charge in [0.2, 0.25) is 0 Å². The number of nitrogen functional groups attached to an aromatic ring is 1. The fourth-order valence-corrected chi connectivity index (χ4v) is 3.09. The van der Waals surface area contributed by atoms with Gasteiger partial charge in [-0.1, -0.05) is 6.07 Å². The number of ether oxygens (including phenoxy) is 1. The van der Waals surface area contributed by atoms with Crippen LogP contribution in [0.5, 0.6) is 5.75 Å². The van der Waals surface area contributed by atoms with E-state index in [4.69, 9.17) is 10.5 Å². The number of hydrogen-bond acceptors (Lipinski definition) is 5. The molecule has 1 aliphatic heterocycles. The number of anilines is 2. The number of rotatable bonds is 3. The molecule has 5 nitrogen and oxygen atoms in total. The van der Waals surface area contributed by atoms with Crippen LogP contribution in [0.3, 0.4) is 0 Å². The first-order valence-corrected chi connectivity index (χ1v) is 7.25. The number of fused-ring (bicyclic) bond motifs is 1. The Morgan fingerprint density at radius 3 is 2.77 bits per heavy atom. The zero-order valence-corrected chi connectivity index (χ0v) is 12.7. The summed E-state index contributed by atoms with van der Waals surface area (Å²) in [5.74, 6) is 0.539. The van der Waals surface area contributed by atoms with Crippen molar-refractivity contribution in [1.82, 2.24) is 4.98 Å². The molecule has 0 radical (unpaired) electrons. The SMILES string of the molecule is CCN1c2cc(OC)ccc2C(C#N)C1c1ccc(N)cn1. The highest BCUT2D eigenvalue weighted by atomic mass is 16.5. The Kier molecular flexibility index (Phi) is 3.60. The van der Waals surface area contributed by atoms with Gasteiger partial charge < -0.3 is 15.4 Å². The first-order chi connectivity index (χ1) is 10.7. The van der Waals surface area contributed by atoms with Gasteiger partial charge in [-0.3, -0.25) is 4.98 Å². The van der Waals surface area contributed by atoms with E-state index in [1.807, 2.05) is 30.3 Å². The Labute approximate surface area is 129 Å². The summed E-state index contributed by atoms with van der Waals surface area (Å²) in [4.78, 5) is 6.63. The molecule has 0 fully saturated rings. The predicted molar refractivity (Wildman–Crippen MR) is 85.8 cm³/mol. The number of nitriles is 1. The van der Waals surface area contributed by atoms with Crippen molar-refractivity contribution >= 4 is 11.4 Å². The van der Waals surface area contributed by atoms with Crippen molar-refractivity contribution in [3.8, 4) is 11.8 Å². The molecule has 0 bridgehead atoms. The summed E-state index contributed by atoms with van der Waals surface area (Å²) in [6.45, 7) is 2.86. The third-order valence-corrected chi connectivity index (χ3v) is 4.13. The van der Waals surface area contributed by atoms with Crippen LogP contribution in [0.2, 0.25) is 0 Å². The summed E-state index contributed by atoms with van der Waals surface area (Å²) in [6, 6.07) is 11.9. The Morgan fingerprint density at radius 2 is 2.18 bits per heavy atom. The minimum Gasteiger partial charge on any atom is -0.497 e. The molecule has 5 heteroatoms. The summed E-state index contributed by atoms with van der Waals surface area (Å²) >= 11 is 0. The number of hydrogen-bond donors (Lipinski definition) is 1. The Bertz CT molecular complexity index is 720. The zero-order valence-electron chi connectivity index (χ0n) is 12.7. The Hall–Kier alpha value is -2.74. The smallest absolute Gasteiger partial charge is 0.120 e. The molecule has 1 aliphatic rings. The van der Waals surface area contributed by atoms with Crippen LogP contribution in [-0.2, 0) is 0 Å². The van der Waals surface area contributed by atoms with E-state index in [-0.39, 0.29) is 12.0 Å². The number of likely N-dealkylation sites (N-methyl/N-ethyl adjacent to an activating group) is 1. The number of benzene rings is 1. The first kappa shape index (κ1) is 14.2. The zero-order chi connectivity index (χ0) is 15.7. The number of methoxy groups -OCH3 is 1. The van der Waals surface area contributed by atoms with E-state index < -0.39 is 0 Å². The molecule has 0 aliphatic carbocycles. The van der Waals surface area contributed by atoms with Crippen LogP contribution in [0.25, 0.3) is 0 Å². The quantitative estimate of drug-likeness (QED) is 0.942. The molecular weight excluding hydrogens is 276 g/mol. The molecular formula is C17H18N4O. The van der Waals surface area contributed by atoms with Crippen LogP contribution in [-0.4, -0.2) is 18.6 Å². The maximum Gasteiger partial charge on any atom is 0.120 e. The maximum atomic E-state index is 9.68. The molecule has 0 saturated heterocycles. The molecule has 0 amide bonds. The van der Waals surface area contributed by atoms with Crippen LogP contribution in [0, 0.1) is 11.3 Å². The lowest BCUT2D eigenvalue weighted by molar-refractivity contribution is 0.415.